The SMILES string of the molecule is N[C@@H](CC(=O)N1CCn2nc(C(F)(F)F)nc2C1n1ccnc1)Cc1cc(F)c(F)cc1F. The van der Waals surface area contributed by atoms with Crippen LogP contribution in [0.4, 0.5) is 26.3 Å². The molecule has 3 aromatic rings. The molecule has 2 atom stereocenters. The van der Waals surface area contributed by atoms with Crippen LogP contribution in [-0.2, 0) is 23.9 Å². The molecular weight excluding hydrogens is 456 g/mol. The molecule has 0 aliphatic carbocycles. The summed E-state index contributed by atoms with van der Waals surface area (Å²) in [7, 11) is 0. The Morgan fingerprint density at radius 3 is 2.55 bits per heavy atom. The van der Waals surface area contributed by atoms with Crippen LogP contribution in [0.2, 0.25) is 0 Å². The van der Waals surface area contributed by atoms with E-state index in [0.29, 0.717) is 12.1 Å². The molecule has 14 heteroatoms. The van der Waals surface area contributed by atoms with Gasteiger partial charge < -0.3 is 15.2 Å². The molecule has 1 unspecified atom stereocenters. The Morgan fingerprint density at radius 2 is 1.88 bits per heavy atom. The second kappa shape index (κ2) is 8.50. The fraction of sp³-hybridized carbons (Fsp3) is 0.368. The molecule has 1 aliphatic heterocycles. The largest absolute Gasteiger partial charge is 0.453 e. The van der Waals surface area contributed by atoms with Gasteiger partial charge in [-0.2, -0.15) is 13.2 Å². The molecule has 1 aromatic carbocycles. The van der Waals surface area contributed by atoms with Crippen LogP contribution in [0.25, 0.3) is 0 Å². The number of amides is 1. The summed E-state index contributed by atoms with van der Waals surface area (Å²) in [6, 6.07) is 0.0980. The van der Waals surface area contributed by atoms with E-state index in [1.165, 1.54) is 28.2 Å². The molecule has 0 bridgehead atoms. The van der Waals surface area contributed by atoms with E-state index in [9.17, 15) is 31.1 Å². The number of fused-ring (bicyclic) bond motifs is 1. The first kappa shape index (κ1) is 22.8. The van der Waals surface area contributed by atoms with Crippen molar-refractivity contribution in [2.75, 3.05) is 6.54 Å². The van der Waals surface area contributed by atoms with E-state index in [4.69, 9.17) is 5.73 Å². The Kier molecular flexibility index (Phi) is 5.86. The lowest BCUT2D eigenvalue weighted by molar-refractivity contribution is -0.145. The van der Waals surface area contributed by atoms with Crippen molar-refractivity contribution in [3.63, 3.8) is 0 Å². The number of nitrogens with zero attached hydrogens (tertiary/aromatic N) is 6. The number of aromatic nitrogens is 5. The quantitative estimate of drug-likeness (QED) is 0.453. The van der Waals surface area contributed by atoms with Gasteiger partial charge in [-0.1, -0.05) is 0 Å². The molecule has 1 amide bonds. The highest BCUT2D eigenvalue weighted by Gasteiger charge is 2.41. The summed E-state index contributed by atoms with van der Waals surface area (Å²) in [4.78, 5) is 21.8. The molecule has 8 nitrogen and oxygen atoms in total. The molecule has 0 radical (unpaired) electrons. The lowest BCUT2D eigenvalue weighted by atomic mass is 10.0. The molecule has 2 aromatic heterocycles. The molecule has 33 heavy (non-hydrogen) atoms. The van der Waals surface area contributed by atoms with Gasteiger partial charge in [0, 0.05) is 37.5 Å². The van der Waals surface area contributed by atoms with Gasteiger partial charge in [0.25, 0.3) is 5.82 Å². The zero-order chi connectivity index (χ0) is 23.9. The minimum Gasteiger partial charge on any atom is -0.327 e. The van der Waals surface area contributed by atoms with Crippen molar-refractivity contribution >= 4 is 5.91 Å². The standard InChI is InChI=1S/C19H17F6N7O/c20-12-8-14(22)13(21)6-10(12)5-11(26)7-15(33)31-3-4-32-16(17(31)30-2-1-27-9-30)28-18(29-32)19(23,24)25/h1-2,6,8-9,11,17H,3-5,7,26H2/t11-,17?/m1/s1. The predicted octanol–water partition coefficient (Wildman–Crippen LogP) is 2.26. The summed E-state index contributed by atoms with van der Waals surface area (Å²) < 4.78 is 82.3. The fourth-order valence-electron chi connectivity index (χ4n) is 3.68. The molecule has 0 saturated carbocycles. The van der Waals surface area contributed by atoms with Crippen molar-refractivity contribution in [2.24, 2.45) is 5.73 Å². The molecule has 3 heterocycles. The van der Waals surface area contributed by atoms with Crippen molar-refractivity contribution in [1.82, 2.24) is 29.2 Å². The van der Waals surface area contributed by atoms with Crippen molar-refractivity contribution in [1.29, 1.82) is 0 Å². The van der Waals surface area contributed by atoms with Crippen LogP contribution in [0.15, 0.2) is 30.9 Å². The van der Waals surface area contributed by atoms with E-state index in [2.05, 4.69) is 15.1 Å². The fourth-order valence-corrected chi connectivity index (χ4v) is 3.68. The third kappa shape index (κ3) is 4.55. The third-order valence-electron chi connectivity index (χ3n) is 5.17. The Balaban J connectivity index is 1.56. The predicted molar refractivity (Wildman–Crippen MR) is 99.7 cm³/mol. The van der Waals surface area contributed by atoms with Gasteiger partial charge in [-0.15, -0.1) is 5.10 Å². The van der Waals surface area contributed by atoms with Gasteiger partial charge in [-0.3, -0.25) is 4.79 Å². The summed E-state index contributed by atoms with van der Waals surface area (Å²) in [5, 5.41) is 3.49. The van der Waals surface area contributed by atoms with Crippen molar-refractivity contribution in [3.05, 3.63) is 65.5 Å². The normalized spacial score (nSPS) is 17.2. The maximum absolute atomic E-state index is 13.9. The Bertz CT molecular complexity index is 1160. The van der Waals surface area contributed by atoms with Crippen LogP contribution < -0.4 is 5.73 Å². The van der Waals surface area contributed by atoms with Crippen molar-refractivity contribution in [2.45, 2.75) is 37.8 Å². The summed E-state index contributed by atoms with van der Waals surface area (Å²) in [6.45, 7) is -0.0377. The zero-order valence-corrected chi connectivity index (χ0v) is 16.8. The second-order valence-corrected chi connectivity index (χ2v) is 7.51. The van der Waals surface area contributed by atoms with Crippen molar-refractivity contribution < 1.29 is 31.1 Å². The number of imidazole rings is 1. The van der Waals surface area contributed by atoms with Gasteiger partial charge in [0.05, 0.1) is 12.9 Å². The number of benzene rings is 1. The van der Waals surface area contributed by atoms with E-state index in [0.717, 1.165) is 4.68 Å². The topological polar surface area (TPSA) is 94.9 Å². The van der Waals surface area contributed by atoms with Crippen LogP contribution in [0.1, 0.15) is 29.8 Å². The molecule has 176 valence electrons. The van der Waals surface area contributed by atoms with Crippen LogP contribution in [0.5, 0.6) is 0 Å². The lowest BCUT2D eigenvalue weighted by Gasteiger charge is -2.36. The molecule has 1 aliphatic rings. The minimum atomic E-state index is -4.77. The summed E-state index contributed by atoms with van der Waals surface area (Å²) >= 11 is 0. The first-order valence-electron chi connectivity index (χ1n) is 9.72. The summed E-state index contributed by atoms with van der Waals surface area (Å²) in [6.07, 6.45) is -2.26. The highest BCUT2D eigenvalue weighted by atomic mass is 19.4. The Labute approximate surface area is 182 Å². The van der Waals surface area contributed by atoms with Crippen molar-refractivity contribution in [3.8, 4) is 0 Å². The molecule has 0 saturated heterocycles. The third-order valence-corrected chi connectivity index (χ3v) is 5.17. The zero-order valence-electron chi connectivity index (χ0n) is 16.8. The summed E-state index contributed by atoms with van der Waals surface area (Å²) in [5.41, 5.74) is 5.76. The maximum atomic E-state index is 13.9. The smallest absolute Gasteiger partial charge is 0.327 e. The number of hydrogen-bond acceptors (Lipinski definition) is 5. The van der Waals surface area contributed by atoms with Gasteiger partial charge in [-0.25, -0.2) is 27.8 Å². The monoisotopic (exact) mass is 473 g/mol. The highest BCUT2D eigenvalue weighted by Crippen LogP contribution is 2.32. The minimum absolute atomic E-state index is 0.00158. The number of rotatable bonds is 5. The van der Waals surface area contributed by atoms with Gasteiger partial charge in [-0.05, 0) is 18.1 Å². The lowest BCUT2D eigenvalue weighted by Crippen LogP contribution is -2.47. The first-order valence-corrected chi connectivity index (χ1v) is 9.72. The average Bonchev–Trinajstić information content (AvgIpc) is 3.40. The number of alkyl halides is 3. The number of nitrogens with two attached hydrogens (primary N) is 1. The summed E-state index contributed by atoms with van der Waals surface area (Å²) in [5.74, 6) is -5.59. The van der Waals surface area contributed by atoms with Crippen LogP contribution in [-0.4, -0.2) is 47.7 Å². The molecule has 2 N–H and O–H groups in total. The van der Waals surface area contributed by atoms with E-state index in [1.54, 1.807) is 0 Å². The number of carbonyl (C=O) groups is 1. The van der Waals surface area contributed by atoms with Crippen LogP contribution >= 0.6 is 0 Å². The number of halogens is 6. The molecule has 0 spiro atoms. The average molecular weight is 473 g/mol. The van der Waals surface area contributed by atoms with Gasteiger partial charge in [0.2, 0.25) is 5.91 Å². The Morgan fingerprint density at radius 1 is 1.15 bits per heavy atom. The van der Waals surface area contributed by atoms with Crippen LogP contribution in [0.3, 0.4) is 0 Å². The van der Waals surface area contributed by atoms with E-state index >= 15 is 0 Å². The van der Waals surface area contributed by atoms with Gasteiger partial charge in [0.1, 0.15) is 5.82 Å². The number of carbonyl (C=O) groups excluding carboxylic acids is 1. The Hall–Kier alpha value is -3.42. The second-order valence-electron chi connectivity index (χ2n) is 7.51. The molecule has 4 rings (SSSR count). The highest BCUT2D eigenvalue weighted by molar-refractivity contribution is 5.77. The first-order chi connectivity index (χ1) is 15.5. The molecular formula is C19H17F6N7O. The van der Waals surface area contributed by atoms with E-state index in [-0.39, 0.29) is 37.3 Å². The molecule has 0 fully saturated rings. The maximum Gasteiger partial charge on any atom is 0.453 e. The van der Waals surface area contributed by atoms with E-state index in [1.807, 2.05) is 0 Å². The van der Waals surface area contributed by atoms with Crippen LogP contribution in [0, 0.1) is 17.5 Å². The van der Waals surface area contributed by atoms with E-state index < -0.39 is 47.6 Å². The van der Waals surface area contributed by atoms with Gasteiger partial charge >= 0.3 is 6.18 Å². The van der Waals surface area contributed by atoms with Gasteiger partial charge in [0.15, 0.2) is 23.6 Å². The number of hydrogen-bond donors (Lipinski definition) is 1.